The third-order valence-corrected chi connectivity index (χ3v) is 3.22. The Labute approximate surface area is 106 Å². The van der Waals surface area contributed by atoms with Crippen molar-refractivity contribution in [1.29, 1.82) is 0 Å². The number of aromatic carboxylic acids is 1. The third-order valence-electron chi connectivity index (χ3n) is 3.22. The second-order valence-electron chi connectivity index (χ2n) is 4.82. The second kappa shape index (κ2) is 5.48. The van der Waals surface area contributed by atoms with Crippen molar-refractivity contribution in [3.63, 3.8) is 0 Å². The standard InChI is InChI=1S/C14H18FNO2/c1-2-7-16(11-4-5-11)9-10-3-6-12(14(17)18)13(15)8-10/h3,6,8,11H,2,4-5,7,9H2,1H3,(H,17,18). The van der Waals surface area contributed by atoms with Crippen LogP contribution in [0.25, 0.3) is 0 Å². The summed E-state index contributed by atoms with van der Waals surface area (Å²) in [6, 6.07) is 5.03. The van der Waals surface area contributed by atoms with Crippen LogP contribution in [0.2, 0.25) is 0 Å². The van der Waals surface area contributed by atoms with Gasteiger partial charge in [-0.05, 0) is 43.5 Å². The first kappa shape index (κ1) is 13.0. The molecule has 1 fully saturated rings. The summed E-state index contributed by atoms with van der Waals surface area (Å²) in [6.07, 6.45) is 3.51. The number of rotatable bonds is 6. The number of carbonyl (C=O) groups is 1. The van der Waals surface area contributed by atoms with Crippen LogP contribution >= 0.6 is 0 Å². The van der Waals surface area contributed by atoms with Gasteiger partial charge in [-0.2, -0.15) is 0 Å². The predicted octanol–water partition coefficient (Wildman–Crippen LogP) is 2.90. The first-order valence-corrected chi connectivity index (χ1v) is 6.37. The first-order chi connectivity index (χ1) is 8.61. The summed E-state index contributed by atoms with van der Waals surface area (Å²) in [6.45, 7) is 3.84. The van der Waals surface area contributed by atoms with Crippen molar-refractivity contribution in [3.05, 3.63) is 35.1 Å². The van der Waals surface area contributed by atoms with Gasteiger partial charge in [-0.3, -0.25) is 4.90 Å². The van der Waals surface area contributed by atoms with Crippen LogP contribution in [0.3, 0.4) is 0 Å². The monoisotopic (exact) mass is 251 g/mol. The Morgan fingerprint density at radius 1 is 1.50 bits per heavy atom. The summed E-state index contributed by atoms with van der Waals surface area (Å²) < 4.78 is 13.6. The topological polar surface area (TPSA) is 40.5 Å². The molecule has 0 unspecified atom stereocenters. The molecule has 0 amide bonds. The summed E-state index contributed by atoms with van der Waals surface area (Å²) in [5.74, 6) is -1.86. The molecule has 98 valence electrons. The van der Waals surface area contributed by atoms with Crippen molar-refractivity contribution in [2.24, 2.45) is 0 Å². The minimum absolute atomic E-state index is 0.257. The molecule has 1 aliphatic rings. The van der Waals surface area contributed by atoms with Crippen molar-refractivity contribution in [2.75, 3.05) is 6.54 Å². The van der Waals surface area contributed by atoms with Crippen LogP contribution in [0.15, 0.2) is 18.2 Å². The second-order valence-corrected chi connectivity index (χ2v) is 4.82. The van der Waals surface area contributed by atoms with Gasteiger partial charge in [0.25, 0.3) is 0 Å². The van der Waals surface area contributed by atoms with Crippen LogP contribution in [-0.4, -0.2) is 28.6 Å². The van der Waals surface area contributed by atoms with Crippen molar-refractivity contribution < 1.29 is 14.3 Å². The highest BCUT2D eigenvalue weighted by Crippen LogP contribution is 2.28. The minimum atomic E-state index is -1.22. The van der Waals surface area contributed by atoms with Gasteiger partial charge in [0.2, 0.25) is 0 Å². The number of benzene rings is 1. The molecule has 2 rings (SSSR count). The fourth-order valence-corrected chi connectivity index (χ4v) is 2.18. The maximum Gasteiger partial charge on any atom is 0.338 e. The number of hydrogen-bond donors (Lipinski definition) is 1. The van der Waals surface area contributed by atoms with E-state index in [1.54, 1.807) is 6.07 Å². The molecule has 0 saturated heterocycles. The molecule has 1 aromatic rings. The maximum atomic E-state index is 13.6. The summed E-state index contributed by atoms with van der Waals surface area (Å²) in [7, 11) is 0. The number of hydrogen-bond acceptors (Lipinski definition) is 2. The molecular weight excluding hydrogens is 233 g/mol. The van der Waals surface area contributed by atoms with Gasteiger partial charge in [0.1, 0.15) is 5.82 Å². The van der Waals surface area contributed by atoms with Gasteiger partial charge in [0.05, 0.1) is 5.56 Å². The molecule has 0 aliphatic heterocycles. The Balaban J connectivity index is 2.08. The van der Waals surface area contributed by atoms with E-state index in [0.29, 0.717) is 12.6 Å². The number of nitrogens with zero attached hydrogens (tertiary/aromatic N) is 1. The van der Waals surface area contributed by atoms with Crippen molar-refractivity contribution in [1.82, 2.24) is 4.90 Å². The number of halogens is 1. The highest BCUT2D eigenvalue weighted by Gasteiger charge is 2.28. The van der Waals surface area contributed by atoms with Gasteiger partial charge >= 0.3 is 5.97 Å². The lowest BCUT2D eigenvalue weighted by molar-refractivity contribution is 0.0692. The molecule has 0 aromatic heterocycles. The molecule has 1 N–H and O–H groups in total. The molecule has 0 atom stereocenters. The van der Waals surface area contributed by atoms with Gasteiger partial charge in [-0.25, -0.2) is 9.18 Å². The molecule has 0 bridgehead atoms. The van der Waals surface area contributed by atoms with E-state index in [-0.39, 0.29) is 5.56 Å². The third kappa shape index (κ3) is 3.07. The van der Waals surface area contributed by atoms with E-state index in [2.05, 4.69) is 11.8 Å². The van der Waals surface area contributed by atoms with Crippen molar-refractivity contribution in [2.45, 2.75) is 38.8 Å². The zero-order valence-corrected chi connectivity index (χ0v) is 10.5. The average Bonchev–Trinajstić information content (AvgIpc) is 3.11. The van der Waals surface area contributed by atoms with Gasteiger partial charge < -0.3 is 5.11 Å². The van der Waals surface area contributed by atoms with Gasteiger partial charge in [0, 0.05) is 12.6 Å². The molecular formula is C14H18FNO2. The molecule has 1 aromatic carbocycles. The average molecular weight is 251 g/mol. The maximum absolute atomic E-state index is 13.6. The zero-order valence-electron chi connectivity index (χ0n) is 10.5. The molecule has 18 heavy (non-hydrogen) atoms. The lowest BCUT2D eigenvalue weighted by Crippen LogP contribution is -2.26. The summed E-state index contributed by atoms with van der Waals surface area (Å²) in [5, 5.41) is 8.77. The summed E-state index contributed by atoms with van der Waals surface area (Å²) in [5.41, 5.74) is 0.588. The Morgan fingerprint density at radius 2 is 2.22 bits per heavy atom. The Bertz CT molecular complexity index is 443. The van der Waals surface area contributed by atoms with Gasteiger partial charge in [-0.1, -0.05) is 13.0 Å². The van der Waals surface area contributed by atoms with Crippen LogP contribution in [0.5, 0.6) is 0 Å². The fourth-order valence-electron chi connectivity index (χ4n) is 2.18. The number of carboxylic acid groups (broad SMARTS) is 1. The molecule has 3 nitrogen and oxygen atoms in total. The lowest BCUT2D eigenvalue weighted by atomic mass is 10.1. The van der Waals surface area contributed by atoms with E-state index in [1.165, 1.54) is 25.0 Å². The zero-order chi connectivity index (χ0) is 13.1. The largest absolute Gasteiger partial charge is 0.478 e. The molecule has 0 radical (unpaired) electrons. The predicted molar refractivity (Wildman–Crippen MR) is 67.1 cm³/mol. The SMILES string of the molecule is CCCN(Cc1ccc(C(=O)O)c(F)c1)C1CC1. The lowest BCUT2D eigenvalue weighted by Gasteiger charge is -2.21. The van der Waals surface area contributed by atoms with Crippen LogP contribution in [0, 0.1) is 5.82 Å². The Morgan fingerprint density at radius 3 is 2.72 bits per heavy atom. The van der Waals surface area contributed by atoms with Gasteiger partial charge in [-0.15, -0.1) is 0 Å². The minimum Gasteiger partial charge on any atom is -0.478 e. The first-order valence-electron chi connectivity index (χ1n) is 6.37. The molecule has 4 heteroatoms. The molecule has 1 aliphatic carbocycles. The van der Waals surface area contributed by atoms with Gasteiger partial charge in [0.15, 0.2) is 0 Å². The normalized spacial score (nSPS) is 15.1. The van der Waals surface area contributed by atoms with Crippen molar-refractivity contribution in [3.8, 4) is 0 Å². The van der Waals surface area contributed by atoms with Crippen molar-refractivity contribution >= 4 is 5.97 Å². The quantitative estimate of drug-likeness (QED) is 0.845. The Hall–Kier alpha value is -1.42. The smallest absolute Gasteiger partial charge is 0.338 e. The number of carboxylic acids is 1. The van der Waals surface area contributed by atoms with E-state index in [4.69, 9.17) is 5.11 Å². The molecule has 1 saturated carbocycles. The highest BCUT2D eigenvalue weighted by atomic mass is 19.1. The van der Waals surface area contributed by atoms with Crippen LogP contribution in [-0.2, 0) is 6.54 Å². The van der Waals surface area contributed by atoms with Crippen LogP contribution in [0.4, 0.5) is 4.39 Å². The van der Waals surface area contributed by atoms with E-state index in [1.807, 2.05) is 0 Å². The molecule has 0 spiro atoms. The summed E-state index contributed by atoms with van der Waals surface area (Å²) in [4.78, 5) is 13.1. The van der Waals surface area contributed by atoms with E-state index >= 15 is 0 Å². The summed E-state index contributed by atoms with van der Waals surface area (Å²) >= 11 is 0. The van der Waals surface area contributed by atoms with Crippen LogP contribution < -0.4 is 0 Å². The fraction of sp³-hybridized carbons (Fsp3) is 0.500. The Kier molecular flexibility index (Phi) is 3.97. The highest BCUT2D eigenvalue weighted by molar-refractivity contribution is 5.87. The van der Waals surface area contributed by atoms with E-state index in [0.717, 1.165) is 18.5 Å². The van der Waals surface area contributed by atoms with E-state index < -0.39 is 11.8 Å². The van der Waals surface area contributed by atoms with Crippen LogP contribution in [0.1, 0.15) is 42.1 Å². The molecule has 0 heterocycles. The van der Waals surface area contributed by atoms with E-state index in [9.17, 15) is 9.18 Å².